The molecule has 2 aromatic carbocycles. The highest BCUT2D eigenvalue weighted by atomic mass is 32.2. The van der Waals surface area contributed by atoms with Gasteiger partial charge in [0, 0.05) is 34.4 Å². The summed E-state index contributed by atoms with van der Waals surface area (Å²) in [6.45, 7) is 5.62. The molecule has 0 spiro atoms. The molecular formula is C25H30N2O3S2. The molecule has 0 fully saturated rings. The van der Waals surface area contributed by atoms with Crippen LogP contribution in [-0.4, -0.2) is 43.5 Å². The molecule has 1 aliphatic heterocycles. The van der Waals surface area contributed by atoms with Gasteiger partial charge in [-0.25, -0.2) is 8.42 Å². The lowest BCUT2D eigenvalue weighted by atomic mass is 10.0. The molecule has 0 amide bonds. The highest BCUT2D eigenvalue weighted by Crippen LogP contribution is 2.40. The van der Waals surface area contributed by atoms with Crippen LogP contribution in [0, 0.1) is 0 Å². The van der Waals surface area contributed by atoms with Crippen molar-refractivity contribution >= 4 is 21.6 Å². The SMILES string of the molecule is CCN(Cc1ccc(-c2cc(S(=O)(=O)CC)ccc2OC)[nH]1)C1CCSc2ccccc21. The van der Waals surface area contributed by atoms with Gasteiger partial charge in [-0.15, -0.1) is 11.8 Å². The first-order chi connectivity index (χ1) is 15.5. The second-order valence-electron chi connectivity index (χ2n) is 7.92. The van der Waals surface area contributed by atoms with E-state index < -0.39 is 9.84 Å². The number of hydrogen-bond acceptors (Lipinski definition) is 5. The molecule has 1 unspecified atom stereocenters. The zero-order chi connectivity index (χ0) is 22.7. The molecule has 1 aromatic heterocycles. The number of aromatic amines is 1. The molecule has 0 saturated heterocycles. The lowest BCUT2D eigenvalue weighted by molar-refractivity contribution is 0.188. The van der Waals surface area contributed by atoms with Gasteiger partial charge in [-0.1, -0.05) is 32.0 Å². The van der Waals surface area contributed by atoms with Crippen molar-refractivity contribution in [1.82, 2.24) is 9.88 Å². The van der Waals surface area contributed by atoms with Gasteiger partial charge in [-0.2, -0.15) is 0 Å². The normalized spacial score (nSPS) is 16.2. The number of nitrogens with one attached hydrogen (secondary N) is 1. The number of benzene rings is 2. The minimum absolute atomic E-state index is 0.0708. The third kappa shape index (κ3) is 4.60. The van der Waals surface area contributed by atoms with E-state index >= 15 is 0 Å². The number of methoxy groups -OCH3 is 1. The fourth-order valence-electron chi connectivity index (χ4n) is 4.31. The van der Waals surface area contributed by atoms with Crippen molar-refractivity contribution in [2.24, 2.45) is 0 Å². The Balaban J connectivity index is 1.61. The Hall–Kier alpha value is -2.22. The average molecular weight is 471 g/mol. The van der Waals surface area contributed by atoms with Gasteiger partial charge in [0.05, 0.1) is 17.8 Å². The Bertz CT molecular complexity index is 1190. The molecule has 4 rings (SSSR count). The van der Waals surface area contributed by atoms with Gasteiger partial charge in [0.25, 0.3) is 0 Å². The molecule has 2 heterocycles. The van der Waals surface area contributed by atoms with Crippen molar-refractivity contribution in [3.63, 3.8) is 0 Å². The molecule has 32 heavy (non-hydrogen) atoms. The molecule has 0 radical (unpaired) electrons. The van der Waals surface area contributed by atoms with E-state index in [0.29, 0.717) is 16.7 Å². The van der Waals surface area contributed by atoms with Crippen molar-refractivity contribution in [3.05, 3.63) is 65.9 Å². The standard InChI is InChI=1S/C25H30N2O3S2/c1-4-27(23-14-15-31-25-9-7-6-8-20(23)25)17-18-10-12-22(26-18)21-16-19(32(28,29)5-2)11-13-24(21)30-3/h6-13,16,23,26H,4-5,14-15,17H2,1-3H3. The van der Waals surface area contributed by atoms with E-state index in [9.17, 15) is 8.42 Å². The van der Waals surface area contributed by atoms with Gasteiger partial charge in [0.15, 0.2) is 9.84 Å². The van der Waals surface area contributed by atoms with E-state index in [-0.39, 0.29) is 5.75 Å². The smallest absolute Gasteiger partial charge is 0.178 e. The van der Waals surface area contributed by atoms with Crippen LogP contribution in [0.4, 0.5) is 0 Å². The summed E-state index contributed by atoms with van der Waals surface area (Å²) in [5.74, 6) is 1.85. The number of hydrogen-bond donors (Lipinski definition) is 1. The van der Waals surface area contributed by atoms with Gasteiger partial charge >= 0.3 is 0 Å². The minimum atomic E-state index is -3.29. The number of fused-ring (bicyclic) bond motifs is 1. The number of sulfone groups is 1. The van der Waals surface area contributed by atoms with E-state index in [4.69, 9.17) is 4.74 Å². The molecule has 3 aromatic rings. The van der Waals surface area contributed by atoms with Crippen LogP contribution >= 0.6 is 11.8 Å². The van der Waals surface area contributed by atoms with E-state index in [2.05, 4.69) is 47.1 Å². The zero-order valence-corrected chi connectivity index (χ0v) is 20.4. The van der Waals surface area contributed by atoms with Crippen LogP contribution in [-0.2, 0) is 16.4 Å². The quantitative estimate of drug-likeness (QED) is 0.468. The monoisotopic (exact) mass is 470 g/mol. The maximum Gasteiger partial charge on any atom is 0.178 e. The average Bonchev–Trinajstić information content (AvgIpc) is 3.30. The van der Waals surface area contributed by atoms with Crippen LogP contribution in [0.5, 0.6) is 5.75 Å². The van der Waals surface area contributed by atoms with Gasteiger partial charge < -0.3 is 9.72 Å². The molecule has 1 aliphatic rings. The highest BCUT2D eigenvalue weighted by Gasteiger charge is 2.26. The summed E-state index contributed by atoms with van der Waals surface area (Å²) in [5.41, 5.74) is 4.14. The van der Waals surface area contributed by atoms with Gasteiger partial charge in [0.1, 0.15) is 5.75 Å². The number of aromatic nitrogens is 1. The Morgan fingerprint density at radius 3 is 2.69 bits per heavy atom. The lowest BCUT2D eigenvalue weighted by Crippen LogP contribution is -2.30. The number of nitrogens with zero attached hydrogens (tertiary/aromatic N) is 1. The highest BCUT2D eigenvalue weighted by molar-refractivity contribution is 7.99. The molecule has 5 nitrogen and oxygen atoms in total. The van der Waals surface area contributed by atoms with Crippen LogP contribution < -0.4 is 4.74 Å². The molecule has 0 saturated carbocycles. The topological polar surface area (TPSA) is 62.4 Å². The largest absolute Gasteiger partial charge is 0.496 e. The Labute approximate surface area is 195 Å². The maximum atomic E-state index is 12.4. The second kappa shape index (κ2) is 9.73. The fraction of sp³-hybridized carbons (Fsp3) is 0.360. The molecule has 1 atom stereocenters. The maximum absolute atomic E-state index is 12.4. The van der Waals surface area contributed by atoms with Crippen LogP contribution in [0.1, 0.15) is 37.6 Å². The first kappa shape index (κ1) is 23.0. The Morgan fingerprint density at radius 1 is 1.12 bits per heavy atom. The summed E-state index contributed by atoms with van der Waals surface area (Å²) in [6.07, 6.45) is 1.13. The zero-order valence-electron chi connectivity index (χ0n) is 18.8. The molecule has 0 aliphatic carbocycles. The van der Waals surface area contributed by atoms with Crippen molar-refractivity contribution in [3.8, 4) is 17.0 Å². The summed E-state index contributed by atoms with van der Waals surface area (Å²) >= 11 is 1.94. The van der Waals surface area contributed by atoms with E-state index in [0.717, 1.165) is 42.2 Å². The minimum Gasteiger partial charge on any atom is -0.496 e. The van der Waals surface area contributed by atoms with Crippen LogP contribution in [0.3, 0.4) is 0 Å². The molecule has 1 N–H and O–H groups in total. The Morgan fingerprint density at radius 2 is 1.94 bits per heavy atom. The number of H-pyrrole nitrogens is 1. The van der Waals surface area contributed by atoms with E-state index in [1.165, 1.54) is 10.5 Å². The summed E-state index contributed by atoms with van der Waals surface area (Å²) in [6, 6.07) is 18.3. The predicted octanol–water partition coefficient (Wildman–Crippen LogP) is 5.54. The van der Waals surface area contributed by atoms with Crippen molar-refractivity contribution in [1.29, 1.82) is 0 Å². The van der Waals surface area contributed by atoms with Crippen molar-refractivity contribution in [2.45, 2.75) is 42.6 Å². The summed E-state index contributed by atoms with van der Waals surface area (Å²) in [5, 5.41) is 0. The first-order valence-corrected chi connectivity index (χ1v) is 13.7. The Kier molecular flexibility index (Phi) is 6.98. The van der Waals surface area contributed by atoms with Crippen LogP contribution in [0.15, 0.2) is 64.4 Å². The molecule has 170 valence electrons. The molecular weight excluding hydrogens is 440 g/mol. The number of rotatable bonds is 8. The third-order valence-electron chi connectivity index (χ3n) is 6.09. The second-order valence-corrected chi connectivity index (χ2v) is 11.3. The number of thioether (sulfide) groups is 1. The van der Waals surface area contributed by atoms with Crippen molar-refractivity contribution < 1.29 is 13.2 Å². The van der Waals surface area contributed by atoms with E-state index in [1.807, 2.05) is 17.8 Å². The van der Waals surface area contributed by atoms with Gasteiger partial charge in [-0.3, -0.25) is 4.90 Å². The van der Waals surface area contributed by atoms with Crippen molar-refractivity contribution in [2.75, 3.05) is 25.2 Å². The summed E-state index contributed by atoms with van der Waals surface area (Å²) in [4.78, 5) is 7.71. The van der Waals surface area contributed by atoms with E-state index in [1.54, 1.807) is 32.2 Å². The molecule has 7 heteroatoms. The predicted molar refractivity (Wildman–Crippen MR) is 131 cm³/mol. The lowest BCUT2D eigenvalue weighted by Gasteiger charge is -2.34. The van der Waals surface area contributed by atoms with Crippen LogP contribution in [0.2, 0.25) is 0 Å². The van der Waals surface area contributed by atoms with Gasteiger partial charge in [0.2, 0.25) is 0 Å². The summed E-state index contributed by atoms with van der Waals surface area (Å²) < 4.78 is 30.3. The molecule has 0 bridgehead atoms. The number of ether oxygens (including phenoxy) is 1. The van der Waals surface area contributed by atoms with Crippen LogP contribution in [0.25, 0.3) is 11.3 Å². The van der Waals surface area contributed by atoms with Gasteiger partial charge in [-0.05, 0) is 60.7 Å². The fourth-order valence-corrected chi connectivity index (χ4v) is 6.32. The summed E-state index contributed by atoms with van der Waals surface area (Å²) in [7, 11) is -1.69. The first-order valence-electron chi connectivity index (χ1n) is 11.0. The third-order valence-corrected chi connectivity index (χ3v) is 8.95.